The molecule has 1 unspecified atom stereocenters. The zero-order chi connectivity index (χ0) is 14.7. The highest BCUT2D eigenvalue weighted by molar-refractivity contribution is 5.92. The minimum Gasteiger partial charge on any atom is -0.327 e. The Balaban J connectivity index is 1.52. The third-order valence-corrected chi connectivity index (χ3v) is 5.32. The minimum absolute atomic E-state index is 0.161. The van der Waals surface area contributed by atoms with Crippen molar-refractivity contribution in [2.45, 2.75) is 39.0 Å². The number of hydrogen-bond acceptors (Lipinski definition) is 1. The largest absolute Gasteiger partial charge is 0.327 e. The number of anilines is 1. The Labute approximate surface area is 127 Å². The average molecular weight is 287 g/mol. The fourth-order valence-electron chi connectivity index (χ4n) is 4.09. The molecule has 0 aromatic heterocycles. The number of amides is 1. The lowest BCUT2D eigenvalue weighted by molar-refractivity contribution is -0.902. The zero-order valence-corrected chi connectivity index (χ0v) is 13.0. The van der Waals surface area contributed by atoms with Crippen LogP contribution >= 0.6 is 0 Å². The lowest BCUT2D eigenvalue weighted by atomic mass is 9.75. The van der Waals surface area contributed by atoms with Crippen molar-refractivity contribution in [1.29, 1.82) is 0 Å². The molecule has 3 heteroatoms. The van der Waals surface area contributed by atoms with Crippen LogP contribution in [-0.4, -0.2) is 25.5 Å². The van der Waals surface area contributed by atoms with Crippen molar-refractivity contribution in [1.82, 2.24) is 0 Å². The normalized spacial score (nSPS) is 28.7. The number of rotatable bonds is 3. The molecule has 3 nitrogen and oxygen atoms in total. The summed E-state index contributed by atoms with van der Waals surface area (Å²) in [7, 11) is 0. The molecular weight excluding hydrogens is 260 g/mol. The van der Waals surface area contributed by atoms with Gasteiger partial charge in [-0.2, -0.15) is 0 Å². The first kappa shape index (κ1) is 14.6. The summed E-state index contributed by atoms with van der Waals surface area (Å²) < 4.78 is 0. The molecule has 1 aliphatic carbocycles. The predicted molar refractivity (Wildman–Crippen MR) is 85.4 cm³/mol. The van der Waals surface area contributed by atoms with E-state index in [0.29, 0.717) is 6.54 Å². The third-order valence-electron chi connectivity index (χ3n) is 5.32. The maximum atomic E-state index is 12.3. The number of likely N-dealkylation sites (tertiary alicyclic amines) is 1. The van der Waals surface area contributed by atoms with Crippen LogP contribution in [-0.2, 0) is 4.79 Å². The molecule has 2 N–H and O–H groups in total. The van der Waals surface area contributed by atoms with E-state index in [4.69, 9.17) is 0 Å². The molecule has 2 aliphatic rings. The lowest BCUT2D eigenvalue weighted by Gasteiger charge is -2.38. The Morgan fingerprint density at radius 1 is 1.19 bits per heavy atom. The zero-order valence-electron chi connectivity index (χ0n) is 13.0. The van der Waals surface area contributed by atoms with Crippen molar-refractivity contribution < 1.29 is 9.69 Å². The number of piperidine rings is 1. The van der Waals surface area contributed by atoms with E-state index >= 15 is 0 Å². The minimum atomic E-state index is 0.161. The fraction of sp³-hybridized carbons (Fsp3) is 0.611. The first-order valence-electron chi connectivity index (χ1n) is 8.41. The first-order valence-corrected chi connectivity index (χ1v) is 8.41. The van der Waals surface area contributed by atoms with Crippen molar-refractivity contribution in [2.24, 2.45) is 11.8 Å². The van der Waals surface area contributed by atoms with E-state index in [9.17, 15) is 4.79 Å². The van der Waals surface area contributed by atoms with Crippen molar-refractivity contribution >= 4 is 11.6 Å². The maximum Gasteiger partial charge on any atom is 0.279 e. The molecule has 3 atom stereocenters. The molecule has 1 aromatic carbocycles. The second-order valence-corrected chi connectivity index (χ2v) is 6.84. The van der Waals surface area contributed by atoms with E-state index in [0.717, 1.165) is 23.1 Å². The second-order valence-electron chi connectivity index (χ2n) is 6.84. The van der Waals surface area contributed by atoms with Gasteiger partial charge in [-0.1, -0.05) is 31.0 Å². The summed E-state index contributed by atoms with van der Waals surface area (Å²) in [5, 5.41) is 3.07. The van der Waals surface area contributed by atoms with Gasteiger partial charge in [-0.25, -0.2) is 0 Å². The van der Waals surface area contributed by atoms with Gasteiger partial charge in [0.15, 0.2) is 6.54 Å². The highest BCUT2D eigenvalue weighted by Gasteiger charge is 2.34. The van der Waals surface area contributed by atoms with E-state index in [-0.39, 0.29) is 5.91 Å². The van der Waals surface area contributed by atoms with Crippen molar-refractivity contribution in [3.8, 4) is 0 Å². The van der Waals surface area contributed by atoms with Gasteiger partial charge >= 0.3 is 0 Å². The number of carbonyl (C=O) groups excluding carboxylic acids is 1. The summed E-state index contributed by atoms with van der Waals surface area (Å²) in [6.45, 7) is 5.03. The van der Waals surface area contributed by atoms with E-state index in [1.54, 1.807) is 0 Å². The molecule has 1 aliphatic heterocycles. The molecular formula is C18H27N2O+. The number of fused-ring (bicyclic) bond motifs is 1. The Hall–Kier alpha value is -1.35. The molecule has 0 bridgehead atoms. The van der Waals surface area contributed by atoms with Crippen LogP contribution < -0.4 is 10.2 Å². The number of hydrogen-bond donors (Lipinski definition) is 2. The van der Waals surface area contributed by atoms with E-state index < -0.39 is 0 Å². The fourth-order valence-corrected chi connectivity index (χ4v) is 4.09. The Morgan fingerprint density at radius 3 is 2.76 bits per heavy atom. The van der Waals surface area contributed by atoms with Crippen LogP contribution in [0.3, 0.4) is 0 Å². The topological polar surface area (TPSA) is 33.5 Å². The van der Waals surface area contributed by atoms with Crippen molar-refractivity contribution in [3.05, 3.63) is 29.8 Å². The van der Waals surface area contributed by atoms with Crippen LogP contribution in [0.5, 0.6) is 0 Å². The van der Waals surface area contributed by atoms with Crippen LogP contribution in [0.15, 0.2) is 24.3 Å². The third kappa shape index (κ3) is 3.65. The summed E-state index contributed by atoms with van der Waals surface area (Å²) in [5.41, 5.74) is 2.08. The van der Waals surface area contributed by atoms with E-state index in [1.165, 1.54) is 50.1 Å². The van der Waals surface area contributed by atoms with Gasteiger partial charge < -0.3 is 10.2 Å². The van der Waals surface area contributed by atoms with Gasteiger partial charge in [-0.05, 0) is 43.7 Å². The van der Waals surface area contributed by atoms with Gasteiger partial charge in [0.05, 0.1) is 13.1 Å². The van der Waals surface area contributed by atoms with Gasteiger partial charge in [-0.3, -0.25) is 4.79 Å². The molecule has 3 rings (SSSR count). The predicted octanol–water partition coefficient (Wildman–Crippen LogP) is 2.03. The Morgan fingerprint density at radius 2 is 1.95 bits per heavy atom. The molecule has 2 fully saturated rings. The van der Waals surface area contributed by atoms with Crippen LogP contribution in [0, 0.1) is 18.8 Å². The number of benzene rings is 1. The summed E-state index contributed by atoms with van der Waals surface area (Å²) >= 11 is 0. The number of carbonyl (C=O) groups is 1. The molecule has 1 saturated heterocycles. The van der Waals surface area contributed by atoms with Crippen molar-refractivity contribution in [3.63, 3.8) is 0 Å². The van der Waals surface area contributed by atoms with Gasteiger partial charge in [0, 0.05) is 11.6 Å². The highest BCUT2D eigenvalue weighted by Crippen LogP contribution is 2.32. The molecule has 21 heavy (non-hydrogen) atoms. The highest BCUT2D eigenvalue weighted by atomic mass is 16.2. The smallest absolute Gasteiger partial charge is 0.279 e. The average Bonchev–Trinajstić information content (AvgIpc) is 2.49. The molecule has 114 valence electrons. The van der Waals surface area contributed by atoms with Gasteiger partial charge in [-0.15, -0.1) is 0 Å². The molecule has 1 heterocycles. The summed E-state index contributed by atoms with van der Waals surface area (Å²) in [4.78, 5) is 13.7. The quantitative estimate of drug-likeness (QED) is 0.876. The molecule has 0 radical (unpaired) electrons. The van der Waals surface area contributed by atoms with Gasteiger partial charge in [0.2, 0.25) is 0 Å². The number of quaternary nitrogens is 1. The van der Waals surface area contributed by atoms with Gasteiger partial charge in [0.1, 0.15) is 0 Å². The maximum absolute atomic E-state index is 12.3. The SMILES string of the molecule is Cc1ccccc1NC(=O)C[NH+]1CC[C@H]2CCCC[C@@H]2C1. The molecule has 1 amide bonds. The van der Waals surface area contributed by atoms with Crippen LogP contribution in [0.25, 0.3) is 0 Å². The summed E-state index contributed by atoms with van der Waals surface area (Å²) in [6.07, 6.45) is 6.94. The summed E-state index contributed by atoms with van der Waals surface area (Å²) in [5.74, 6) is 1.98. The first-order chi connectivity index (χ1) is 10.2. The monoisotopic (exact) mass is 287 g/mol. The second kappa shape index (κ2) is 6.61. The molecule has 1 aromatic rings. The van der Waals surface area contributed by atoms with Gasteiger partial charge in [0.25, 0.3) is 5.91 Å². The lowest BCUT2D eigenvalue weighted by Crippen LogP contribution is -3.15. The number of para-hydroxylation sites is 1. The van der Waals surface area contributed by atoms with E-state index in [2.05, 4.69) is 5.32 Å². The Kier molecular flexibility index (Phi) is 4.59. The summed E-state index contributed by atoms with van der Waals surface area (Å²) in [6, 6.07) is 8.00. The number of nitrogens with one attached hydrogen (secondary N) is 2. The van der Waals surface area contributed by atoms with Crippen molar-refractivity contribution in [2.75, 3.05) is 25.0 Å². The molecule has 1 saturated carbocycles. The van der Waals surface area contributed by atoms with Crippen LogP contribution in [0.2, 0.25) is 0 Å². The standard InChI is InChI=1S/C18H26N2O/c1-14-6-2-5-9-17(14)19-18(21)13-20-11-10-15-7-3-4-8-16(15)12-20/h2,5-6,9,15-16H,3-4,7-8,10-13H2,1H3,(H,19,21)/p+1/t15-,16-/m1/s1. The van der Waals surface area contributed by atoms with Crippen LogP contribution in [0.4, 0.5) is 5.69 Å². The van der Waals surface area contributed by atoms with Crippen LogP contribution in [0.1, 0.15) is 37.7 Å². The Bertz CT molecular complexity index is 500. The van der Waals surface area contributed by atoms with E-state index in [1.807, 2.05) is 31.2 Å². The molecule has 0 spiro atoms. The number of aryl methyl sites for hydroxylation is 1.